The molecule has 1 aliphatic heterocycles. The first-order valence-corrected chi connectivity index (χ1v) is 9.84. The molecule has 1 atom stereocenters. The highest BCUT2D eigenvalue weighted by atomic mass is 32.2. The van der Waals surface area contributed by atoms with Crippen molar-refractivity contribution < 1.29 is 13.2 Å². The molecule has 6 nitrogen and oxygen atoms in total. The fraction of sp³-hybridized carbons (Fsp3) is 0.412. The number of piperidine rings is 1. The van der Waals surface area contributed by atoms with Crippen LogP contribution >= 0.6 is 0 Å². The van der Waals surface area contributed by atoms with Gasteiger partial charge in [-0.2, -0.15) is 5.10 Å². The molecule has 0 saturated carbocycles. The number of ketones is 1. The number of nitrogens with zero attached hydrogens (tertiary/aromatic N) is 3. The Morgan fingerprint density at radius 1 is 1.33 bits per heavy atom. The number of carbonyl (C=O) groups excluding carboxylic acids is 1. The van der Waals surface area contributed by atoms with E-state index in [0.29, 0.717) is 17.8 Å². The predicted molar refractivity (Wildman–Crippen MR) is 92.3 cm³/mol. The van der Waals surface area contributed by atoms with E-state index in [4.69, 9.17) is 0 Å². The Morgan fingerprint density at radius 3 is 2.75 bits per heavy atom. The van der Waals surface area contributed by atoms with Gasteiger partial charge >= 0.3 is 0 Å². The highest BCUT2D eigenvalue weighted by Crippen LogP contribution is 2.32. The standard InChI is InChI=1S/C17H21N3O3S/c1-13(21)14-6-7-17(24(2,22)23)16(11-14)19-9-3-5-15(12-19)20-10-4-8-18-20/h4,6-8,10-11,15H,3,5,9,12H2,1-2H3. The molecule has 0 radical (unpaired) electrons. The van der Waals surface area contributed by atoms with Gasteiger partial charge in [0, 0.05) is 37.3 Å². The number of anilines is 1. The molecule has 1 aromatic heterocycles. The van der Waals surface area contributed by atoms with Crippen molar-refractivity contribution in [2.45, 2.75) is 30.7 Å². The molecule has 0 bridgehead atoms. The van der Waals surface area contributed by atoms with Crippen molar-refractivity contribution in [2.24, 2.45) is 0 Å². The molecule has 2 heterocycles. The number of hydrogen-bond acceptors (Lipinski definition) is 5. The third-order valence-electron chi connectivity index (χ3n) is 4.40. The lowest BCUT2D eigenvalue weighted by molar-refractivity contribution is 0.101. The third kappa shape index (κ3) is 3.36. The molecule has 2 aromatic rings. The fourth-order valence-corrected chi connectivity index (χ4v) is 4.07. The van der Waals surface area contributed by atoms with Gasteiger partial charge in [0.25, 0.3) is 0 Å². The second-order valence-corrected chi connectivity index (χ2v) is 8.22. The quantitative estimate of drug-likeness (QED) is 0.794. The normalized spacial score (nSPS) is 18.6. The lowest BCUT2D eigenvalue weighted by Crippen LogP contribution is -2.37. The minimum atomic E-state index is -3.37. The molecule has 0 aliphatic carbocycles. The van der Waals surface area contributed by atoms with Crippen molar-refractivity contribution in [2.75, 3.05) is 24.2 Å². The highest BCUT2D eigenvalue weighted by Gasteiger charge is 2.26. The SMILES string of the molecule is CC(=O)c1ccc(S(C)(=O)=O)c(N2CCCC(n3cccn3)C2)c1. The number of benzene rings is 1. The number of aromatic nitrogens is 2. The summed E-state index contributed by atoms with van der Waals surface area (Å²) in [5.41, 5.74) is 1.14. The molecule has 128 valence electrons. The lowest BCUT2D eigenvalue weighted by atomic mass is 10.0. The molecular formula is C17H21N3O3S. The van der Waals surface area contributed by atoms with Crippen LogP contribution in [0.2, 0.25) is 0 Å². The van der Waals surface area contributed by atoms with E-state index in [0.717, 1.165) is 19.4 Å². The number of rotatable bonds is 4. The zero-order valence-corrected chi connectivity index (χ0v) is 14.7. The number of sulfone groups is 1. The van der Waals surface area contributed by atoms with E-state index in [1.54, 1.807) is 24.4 Å². The van der Waals surface area contributed by atoms with E-state index >= 15 is 0 Å². The number of Topliss-reactive ketones (excluding diaryl/α,β-unsaturated/α-hetero) is 1. The van der Waals surface area contributed by atoms with Crippen LogP contribution in [0.5, 0.6) is 0 Å². The van der Waals surface area contributed by atoms with Gasteiger partial charge in [0.15, 0.2) is 15.6 Å². The molecule has 0 spiro atoms. The van der Waals surface area contributed by atoms with Gasteiger partial charge in [-0.25, -0.2) is 8.42 Å². The lowest BCUT2D eigenvalue weighted by Gasteiger charge is -2.35. The molecule has 1 aliphatic rings. The van der Waals surface area contributed by atoms with Crippen molar-refractivity contribution in [3.8, 4) is 0 Å². The van der Waals surface area contributed by atoms with Gasteiger partial charge in [0.05, 0.1) is 16.6 Å². The van der Waals surface area contributed by atoms with E-state index in [9.17, 15) is 13.2 Å². The summed E-state index contributed by atoms with van der Waals surface area (Å²) in [5, 5.41) is 4.30. The zero-order chi connectivity index (χ0) is 17.3. The maximum absolute atomic E-state index is 12.2. The molecule has 24 heavy (non-hydrogen) atoms. The number of carbonyl (C=O) groups is 1. The summed E-state index contributed by atoms with van der Waals surface area (Å²) in [6.07, 6.45) is 6.82. The molecule has 1 fully saturated rings. The molecule has 3 rings (SSSR count). The summed E-state index contributed by atoms with van der Waals surface area (Å²) in [6, 6.07) is 6.90. The van der Waals surface area contributed by atoms with Gasteiger partial charge < -0.3 is 4.90 Å². The molecule has 7 heteroatoms. The average Bonchev–Trinajstić information content (AvgIpc) is 3.08. The largest absolute Gasteiger partial charge is 0.368 e. The van der Waals surface area contributed by atoms with E-state index < -0.39 is 9.84 Å². The Kier molecular flexibility index (Phi) is 4.45. The first kappa shape index (κ1) is 16.7. The minimum absolute atomic E-state index is 0.0723. The maximum atomic E-state index is 12.2. The molecular weight excluding hydrogens is 326 g/mol. The van der Waals surface area contributed by atoms with Crippen molar-refractivity contribution in [1.29, 1.82) is 0 Å². The van der Waals surface area contributed by atoms with E-state index in [-0.39, 0.29) is 16.7 Å². The summed E-state index contributed by atoms with van der Waals surface area (Å²) in [6.45, 7) is 2.93. The van der Waals surface area contributed by atoms with Gasteiger partial charge in [-0.3, -0.25) is 9.48 Å². The van der Waals surface area contributed by atoms with Crippen LogP contribution in [0.3, 0.4) is 0 Å². The molecule has 0 N–H and O–H groups in total. The van der Waals surface area contributed by atoms with Crippen LogP contribution in [0, 0.1) is 0 Å². The van der Waals surface area contributed by atoms with Gasteiger partial charge in [-0.05, 0) is 44.0 Å². The highest BCUT2D eigenvalue weighted by molar-refractivity contribution is 7.90. The molecule has 1 saturated heterocycles. The Hall–Kier alpha value is -2.15. The maximum Gasteiger partial charge on any atom is 0.177 e. The van der Waals surface area contributed by atoms with Crippen LogP contribution in [0.4, 0.5) is 5.69 Å². The van der Waals surface area contributed by atoms with Crippen LogP contribution in [0.1, 0.15) is 36.2 Å². The van der Waals surface area contributed by atoms with Crippen molar-refractivity contribution in [3.05, 3.63) is 42.2 Å². The predicted octanol–water partition coefficient (Wildman–Crippen LogP) is 2.33. The minimum Gasteiger partial charge on any atom is -0.368 e. The summed E-state index contributed by atoms with van der Waals surface area (Å²) in [5.74, 6) is -0.0723. The summed E-state index contributed by atoms with van der Waals surface area (Å²) in [7, 11) is -3.37. The fourth-order valence-electron chi connectivity index (χ4n) is 3.18. The summed E-state index contributed by atoms with van der Waals surface area (Å²) >= 11 is 0. The van der Waals surface area contributed by atoms with Gasteiger partial charge in [-0.15, -0.1) is 0 Å². The number of hydrogen-bond donors (Lipinski definition) is 0. The van der Waals surface area contributed by atoms with E-state index in [1.807, 2.05) is 16.9 Å². The Balaban J connectivity index is 2.00. The summed E-state index contributed by atoms with van der Waals surface area (Å²) < 4.78 is 26.2. The van der Waals surface area contributed by atoms with Gasteiger partial charge in [0.1, 0.15) is 0 Å². The average molecular weight is 347 g/mol. The monoisotopic (exact) mass is 347 g/mol. The van der Waals surface area contributed by atoms with Crippen LogP contribution in [0.15, 0.2) is 41.6 Å². The molecule has 0 amide bonds. The van der Waals surface area contributed by atoms with Crippen LogP contribution < -0.4 is 4.90 Å². The Morgan fingerprint density at radius 2 is 2.12 bits per heavy atom. The topological polar surface area (TPSA) is 72.3 Å². The van der Waals surface area contributed by atoms with Crippen molar-refractivity contribution in [1.82, 2.24) is 9.78 Å². The second-order valence-electron chi connectivity index (χ2n) is 6.24. The zero-order valence-electron chi connectivity index (χ0n) is 13.8. The summed E-state index contributed by atoms with van der Waals surface area (Å²) in [4.78, 5) is 14.0. The Bertz CT molecular complexity index is 844. The van der Waals surface area contributed by atoms with Crippen LogP contribution in [0.25, 0.3) is 0 Å². The smallest absolute Gasteiger partial charge is 0.177 e. The Labute approximate surface area is 142 Å². The van der Waals surface area contributed by atoms with E-state index in [1.165, 1.54) is 13.2 Å². The third-order valence-corrected chi connectivity index (χ3v) is 5.55. The molecule has 1 aromatic carbocycles. The first-order chi connectivity index (χ1) is 11.4. The van der Waals surface area contributed by atoms with Crippen LogP contribution in [-0.4, -0.2) is 43.3 Å². The first-order valence-electron chi connectivity index (χ1n) is 7.95. The van der Waals surface area contributed by atoms with Crippen molar-refractivity contribution in [3.63, 3.8) is 0 Å². The second kappa shape index (κ2) is 6.39. The van der Waals surface area contributed by atoms with E-state index in [2.05, 4.69) is 10.00 Å². The van der Waals surface area contributed by atoms with Crippen molar-refractivity contribution >= 4 is 21.3 Å². The van der Waals surface area contributed by atoms with Gasteiger partial charge in [0.2, 0.25) is 0 Å². The van der Waals surface area contributed by atoms with Crippen LogP contribution in [-0.2, 0) is 9.84 Å². The van der Waals surface area contributed by atoms with Gasteiger partial charge in [-0.1, -0.05) is 0 Å². The molecule has 1 unspecified atom stereocenters.